The summed E-state index contributed by atoms with van der Waals surface area (Å²) in [6.45, 7) is 5.75. The molecule has 0 aliphatic carbocycles. The van der Waals surface area contributed by atoms with E-state index in [1.54, 1.807) is 18.6 Å². The molecule has 0 spiro atoms. The number of nitrogens with two attached hydrogens (primary N) is 1. The van der Waals surface area contributed by atoms with Crippen LogP contribution in [0.15, 0.2) is 42.9 Å². The van der Waals surface area contributed by atoms with Crippen molar-refractivity contribution in [3.63, 3.8) is 0 Å². The molecule has 2 heteroatoms. The van der Waals surface area contributed by atoms with E-state index in [1.165, 1.54) is 0 Å². The Balaban J connectivity index is 3.05. The molecule has 0 saturated heterocycles. The van der Waals surface area contributed by atoms with Crippen LogP contribution in [-0.2, 0) is 0 Å². The molecule has 62 valence electrons. The third-order valence-electron chi connectivity index (χ3n) is 1.60. The predicted octanol–water partition coefficient (Wildman–Crippen LogP) is 1.96. The first-order valence-electron chi connectivity index (χ1n) is 3.74. The first kappa shape index (κ1) is 8.53. The fraction of sp³-hybridized carbons (Fsp3) is 0.100. The van der Waals surface area contributed by atoms with E-state index in [-0.39, 0.29) is 0 Å². The van der Waals surface area contributed by atoms with Gasteiger partial charge in [-0.1, -0.05) is 12.6 Å². The first-order valence-corrected chi connectivity index (χ1v) is 3.74. The lowest BCUT2D eigenvalue weighted by atomic mass is 10.0. The molecule has 2 N–H and O–H groups in total. The molecule has 0 aliphatic rings. The average molecular weight is 160 g/mol. The molecular formula is C10H12N2. The highest BCUT2D eigenvalue weighted by molar-refractivity contribution is 5.76. The molecular weight excluding hydrogens is 148 g/mol. The summed E-state index contributed by atoms with van der Waals surface area (Å²) in [4.78, 5) is 4.00. The minimum Gasteiger partial charge on any atom is -0.404 e. The van der Waals surface area contributed by atoms with Gasteiger partial charge in [0.25, 0.3) is 0 Å². The molecule has 0 saturated carbocycles. The van der Waals surface area contributed by atoms with Gasteiger partial charge in [0, 0.05) is 29.7 Å². The fourth-order valence-electron chi connectivity index (χ4n) is 1.01. The molecule has 1 heterocycles. The number of rotatable bonds is 2. The minimum atomic E-state index is 0.947. The first-order chi connectivity index (χ1) is 5.75. The quantitative estimate of drug-likeness (QED) is 0.671. The number of pyridine rings is 1. The minimum absolute atomic E-state index is 0.947. The second kappa shape index (κ2) is 3.72. The van der Waals surface area contributed by atoms with Gasteiger partial charge in [-0.3, -0.25) is 4.98 Å². The van der Waals surface area contributed by atoms with E-state index in [0.29, 0.717) is 0 Å². The Morgan fingerprint density at radius 1 is 1.67 bits per heavy atom. The molecule has 0 unspecified atom stereocenters. The van der Waals surface area contributed by atoms with Crippen molar-refractivity contribution in [3.05, 3.63) is 48.4 Å². The Morgan fingerprint density at radius 2 is 2.42 bits per heavy atom. The Hall–Kier alpha value is -1.57. The monoisotopic (exact) mass is 160 g/mol. The maximum atomic E-state index is 5.46. The second-order valence-corrected chi connectivity index (χ2v) is 2.60. The van der Waals surface area contributed by atoms with Crippen LogP contribution in [0.5, 0.6) is 0 Å². The van der Waals surface area contributed by atoms with Gasteiger partial charge in [-0.2, -0.15) is 0 Å². The molecule has 0 amide bonds. The number of hydrogen-bond acceptors (Lipinski definition) is 2. The van der Waals surface area contributed by atoms with Crippen LogP contribution in [0.4, 0.5) is 0 Å². The molecule has 1 rings (SSSR count). The Kier molecular flexibility index (Phi) is 2.64. The molecule has 0 atom stereocenters. The van der Waals surface area contributed by atoms with Crippen molar-refractivity contribution in [2.45, 2.75) is 6.92 Å². The molecule has 2 nitrogen and oxygen atoms in total. The third-order valence-corrected chi connectivity index (χ3v) is 1.60. The number of allylic oxidation sites excluding steroid dienone is 2. The van der Waals surface area contributed by atoms with Gasteiger partial charge < -0.3 is 5.73 Å². The maximum Gasteiger partial charge on any atom is 0.0346 e. The van der Waals surface area contributed by atoms with Crippen LogP contribution >= 0.6 is 0 Å². The Morgan fingerprint density at radius 3 is 2.83 bits per heavy atom. The van der Waals surface area contributed by atoms with Crippen LogP contribution in [0.2, 0.25) is 0 Å². The summed E-state index contributed by atoms with van der Waals surface area (Å²) in [5, 5.41) is 0. The molecule has 0 bridgehead atoms. The van der Waals surface area contributed by atoms with E-state index in [1.807, 2.05) is 19.1 Å². The highest BCUT2D eigenvalue weighted by Crippen LogP contribution is 2.18. The van der Waals surface area contributed by atoms with Crippen molar-refractivity contribution in [1.82, 2.24) is 4.98 Å². The summed E-state index contributed by atoms with van der Waals surface area (Å²) in [6, 6.07) is 3.84. The highest BCUT2D eigenvalue weighted by Gasteiger charge is 1.99. The Bertz CT molecular complexity index is 299. The number of aromatic nitrogens is 1. The van der Waals surface area contributed by atoms with Crippen LogP contribution < -0.4 is 5.73 Å². The van der Waals surface area contributed by atoms with Crippen LogP contribution in [0.25, 0.3) is 5.57 Å². The molecule has 1 aromatic rings. The van der Waals surface area contributed by atoms with Gasteiger partial charge in [-0.15, -0.1) is 0 Å². The van der Waals surface area contributed by atoms with Gasteiger partial charge in [-0.25, -0.2) is 0 Å². The van der Waals surface area contributed by atoms with E-state index in [4.69, 9.17) is 5.73 Å². The van der Waals surface area contributed by atoms with Gasteiger partial charge in [0.05, 0.1) is 0 Å². The van der Waals surface area contributed by atoms with Gasteiger partial charge >= 0.3 is 0 Å². The van der Waals surface area contributed by atoms with Gasteiger partial charge in [-0.05, 0) is 18.6 Å². The molecule has 0 aliphatic heterocycles. The maximum absolute atomic E-state index is 5.46. The molecule has 0 radical (unpaired) electrons. The van der Waals surface area contributed by atoms with Crippen LogP contribution in [0.3, 0.4) is 0 Å². The van der Waals surface area contributed by atoms with Crippen LogP contribution in [-0.4, -0.2) is 4.98 Å². The Labute approximate surface area is 72.4 Å². The smallest absolute Gasteiger partial charge is 0.0346 e. The van der Waals surface area contributed by atoms with E-state index in [9.17, 15) is 0 Å². The van der Waals surface area contributed by atoms with Crippen molar-refractivity contribution in [2.24, 2.45) is 5.73 Å². The van der Waals surface area contributed by atoms with Gasteiger partial charge in [0.2, 0.25) is 0 Å². The highest BCUT2D eigenvalue weighted by atomic mass is 14.6. The SMILES string of the molecule is C=C(C)/C(=C\N)c1cccnc1. The molecule has 0 fully saturated rings. The summed E-state index contributed by atoms with van der Waals surface area (Å²) in [7, 11) is 0. The lowest BCUT2D eigenvalue weighted by molar-refractivity contribution is 1.30. The number of hydrogen-bond donors (Lipinski definition) is 1. The summed E-state index contributed by atoms with van der Waals surface area (Å²) < 4.78 is 0. The van der Waals surface area contributed by atoms with Crippen LogP contribution in [0, 0.1) is 0 Å². The lowest BCUT2D eigenvalue weighted by Crippen LogP contribution is -1.90. The zero-order valence-electron chi connectivity index (χ0n) is 7.12. The second-order valence-electron chi connectivity index (χ2n) is 2.60. The predicted molar refractivity (Wildman–Crippen MR) is 51.2 cm³/mol. The van der Waals surface area contributed by atoms with E-state index in [2.05, 4.69) is 11.6 Å². The van der Waals surface area contributed by atoms with Crippen molar-refractivity contribution in [3.8, 4) is 0 Å². The zero-order valence-corrected chi connectivity index (χ0v) is 7.12. The zero-order chi connectivity index (χ0) is 8.97. The van der Waals surface area contributed by atoms with Gasteiger partial charge in [0.15, 0.2) is 0 Å². The summed E-state index contributed by atoms with van der Waals surface area (Å²) in [5.74, 6) is 0. The molecule has 1 aromatic heterocycles. The average Bonchev–Trinajstić information content (AvgIpc) is 2.07. The van der Waals surface area contributed by atoms with Gasteiger partial charge in [0.1, 0.15) is 0 Å². The van der Waals surface area contributed by atoms with E-state index < -0.39 is 0 Å². The molecule has 0 aromatic carbocycles. The van der Waals surface area contributed by atoms with Crippen molar-refractivity contribution < 1.29 is 0 Å². The largest absolute Gasteiger partial charge is 0.404 e. The third kappa shape index (κ3) is 1.72. The normalized spacial score (nSPS) is 11.2. The summed E-state index contributed by atoms with van der Waals surface area (Å²) in [6.07, 6.45) is 5.06. The summed E-state index contributed by atoms with van der Waals surface area (Å²) >= 11 is 0. The van der Waals surface area contributed by atoms with Crippen molar-refractivity contribution in [1.29, 1.82) is 0 Å². The lowest BCUT2D eigenvalue weighted by Gasteiger charge is -2.04. The van der Waals surface area contributed by atoms with Crippen LogP contribution in [0.1, 0.15) is 12.5 Å². The number of nitrogens with zero attached hydrogens (tertiary/aromatic N) is 1. The van der Waals surface area contributed by atoms with Crippen molar-refractivity contribution >= 4 is 5.57 Å². The standard InChI is InChI=1S/C10H12N2/c1-8(2)10(6-11)9-4-3-5-12-7-9/h3-7H,1,11H2,2H3/b10-6+. The topological polar surface area (TPSA) is 38.9 Å². The molecule has 12 heavy (non-hydrogen) atoms. The summed E-state index contributed by atoms with van der Waals surface area (Å²) in [5.41, 5.74) is 8.36. The van der Waals surface area contributed by atoms with E-state index >= 15 is 0 Å². The van der Waals surface area contributed by atoms with E-state index in [0.717, 1.165) is 16.7 Å². The fourth-order valence-corrected chi connectivity index (χ4v) is 1.01. The van der Waals surface area contributed by atoms with Crippen molar-refractivity contribution in [2.75, 3.05) is 0 Å².